The SMILES string of the molecule is CCn1ncc(S(=O)(=O)N2CCCC23CCCN(CCOC)C3=O)c1C. The number of piperidine rings is 1. The highest BCUT2D eigenvalue weighted by molar-refractivity contribution is 7.89. The van der Waals surface area contributed by atoms with Crippen molar-refractivity contribution in [2.24, 2.45) is 0 Å². The first-order valence-electron chi connectivity index (χ1n) is 9.22. The van der Waals surface area contributed by atoms with E-state index in [9.17, 15) is 13.2 Å². The Labute approximate surface area is 155 Å². The summed E-state index contributed by atoms with van der Waals surface area (Å²) in [7, 11) is -2.17. The van der Waals surface area contributed by atoms with Crippen molar-refractivity contribution < 1.29 is 17.9 Å². The summed E-state index contributed by atoms with van der Waals surface area (Å²) in [4.78, 5) is 15.2. The van der Waals surface area contributed by atoms with Crippen LogP contribution in [-0.4, -0.2) is 72.2 Å². The lowest BCUT2D eigenvalue weighted by atomic mass is 9.86. The van der Waals surface area contributed by atoms with E-state index in [0.29, 0.717) is 57.7 Å². The minimum Gasteiger partial charge on any atom is -0.383 e. The second-order valence-electron chi connectivity index (χ2n) is 7.01. The number of carbonyl (C=O) groups excluding carboxylic acids is 1. The van der Waals surface area contributed by atoms with Gasteiger partial charge in [0.15, 0.2) is 0 Å². The van der Waals surface area contributed by atoms with Crippen LogP contribution in [0.25, 0.3) is 0 Å². The fraction of sp³-hybridized carbons (Fsp3) is 0.765. The Balaban J connectivity index is 1.96. The van der Waals surface area contributed by atoms with Gasteiger partial charge >= 0.3 is 0 Å². The average Bonchev–Trinajstić information content (AvgIpc) is 3.21. The monoisotopic (exact) mass is 384 g/mol. The number of rotatable bonds is 6. The minimum atomic E-state index is -3.77. The number of ether oxygens (including phenoxy) is 1. The number of likely N-dealkylation sites (tertiary alicyclic amines) is 1. The first-order valence-corrected chi connectivity index (χ1v) is 10.7. The maximum absolute atomic E-state index is 13.4. The van der Waals surface area contributed by atoms with E-state index in [0.717, 1.165) is 6.42 Å². The summed E-state index contributed by atoms with van der Waals surface area (Å²) in [6.45, 7) is 6.28. The van der Waals surface area contributed by atoms with Crippen molar-refractivity contribution >= 4 is 15.9 Å². The molecule has 1 aromatic heterocycles. The van der Waals surface area contributed by atoms with E-state index >= 15 is 0 Å². The van der Waals surface area contributed by atoms with Gasteiger partial charge in [0.25, 0.3) is 0 Å². The summed E-state index contributed by atoms with van der Waals surface area (Å²) >= 11 is 0. The molecule has 8 nitrogen and oxygen atoms in total. The van der Waals surface area contributed by atoms with Gasteiger partial charge in [-0.25, -0.2) is 8.42 Å². The average molecular weight is 385 g/mol. The van der Waals surface area contributed by atoms with Gasteiger partial charge in [-0.3, -0.25) is 9.48 Å². The molecular weight excluding hydrogens is 356 g/mol. The van der Waals surface area contributed by atoms with E-state index < -0.39 is 15.6 Å². The molecule has 2 fully saturated rings. The van der Waals surface area contributed by atoms with Crippen LogP contribution in [0.1, 0.15) is 38.3 Å². The smallest absolute Gasteiger partial charge is 0.247 e. The molecule has 0 aromatic carbocycles. The first-order chi connectivity index (χ1) is 12.4. The maximum Gasteiger partial charge on any atom is 0.247 e. The zero-order valence-corrected chi connectivity index (χ0v) is 16.6. The zero-order valence-electron chi connectivity index (χ0n) is 15.8. The molecule has 3 heterocycles. The molecule has 2 aliphatic heterocycles. The number of aryl methyl sites for hydroxylation is 1. The van der Waals surface area contributed by atoms with Crippen LogP contribution in [0.2, 0.25) is 0 Å². The number of sulfonamides is 1. The fourth-order valence-electron chi connectivity index (χ4n) is 4.27. The van der Waals surface area contributed by atoms with Crippen LogP contribution in [0.5, 0.6) is 0 Å². The van der Waals surface area contributed by atoms with Crippen LogP contribution in [-0.2, 0) is 26.1 Å². The number of amides is 1. The lowest BCUT2D eigenvalue weighted by Gasteiger charge is -2.43. The Hall–Kier alpha value is -1.45. The van der Waals surface area contributed by atoms with Crippen molar-refractivity contribution in [1.29, 1.82) is 0 Å². The Kier molecular flexibility index (Phi) is 5.41. The number of methoxy groups -OCH3 is 1. The summed E-state index contributed by atoms with van der Waals surface area (Å²) in [5, 5.41) is 4.18. The summed E-state index contributed by atoms with van der Waals surface area (Å²) in [6, 6.07) is 0. The molecule has 0 N–H and O–H groups in total. The van der Waals surface area contributed by atoms with Crippen LogP contribution in [0.4, 0.5) is 0 Å². The minimum absolute atomic E-state index is 0.0811. The number of aromatic nitrogens is 2. The second kappa shape index (κ2) is 7.28. The number of hydrogen-bond donors (Lipinski definition) is 0. The third-order valence-corrected chi connectivity index (χ3v) is 7.69. The van der Waals surface area contributed by atoms with Crippen LogP contribution < -0.4 is 0 Å². The van der Waals surface area contributed by atoms with Crippen molar-refractivity contribution in [2.75, 3.05) is 33.4 Å². The van der Waals surface area contributed by atoms with Crippen LogP contribution >= 0.6 is 0 Å². The van der Waals surface area contributed by atoms with Crippen molar-refractivity contribution in [3.63, 3.8) is 0 Å². The van der Waals surface area contributed by atoms with E-state index in [2.05, 4.69) is 5.10 Å². The van der Waals surface area contributed by atoms with Gasteiger partial charge in [-0.1, -0.05) is 0 Å². The zero-order chi connectivity index (χ0) is 18.9. The van der Waals surface area contributed by atoms with E-state index in [1.807, 2.05) is 6.92 Å². The van der Waals surface area contributed by atoms with Crippen LogP contribution in [0, 0.1) is 6.92 Å². The molecular formula is C17H28N4O4S. The highest BCUT2D eigenvalue weighted by atomic mass is 32.2. The van der Waals surface area contributed by atoms with Crippen LogP contribution in [0.3, 0.4) is 0 Å². The molecule has 26 heavy (non-hydrogen) atoms. The van der Waals surface area contributed by atoms with Gasteiger partial charge in [-0.2, -0.15) is 9.40 Å². The van der Waals surface area contributed by atoms with E-state index in [1.165, 1.54) is 10.5 Å². The molecule has 1 spiro atoms. The molecule has 0 aliphatic carbocycles. The molecule has 0 radical (unpaired) electrons. The summed E-state index contributed by atoms with van der Waals surface area (Å²) in [6.07, 6.45) is 4.07. The molecule has 1 amide bonds. The number of carbonyl (C=O) groups is 1. The molecule has 1 aromatic rings. The molecule has 0 saturated carbocycles. The first kappa shape index (κ1) is 19.3. The maximum atomic E-state index is 13.4. The molecule has 1 unspecified atom stereocenters. The Morgan fingerprint density at radius 2 is 1.96 bits per heavy atom. The van der Waals surface area contributed by atoms with Gasteiger partial charge in [-0.05, 0) is 39.5 Å². The quantitative estimate of drug-likeness (QED) is 0.731. The van der Waals surface area contributed by atoms with Crippen molar-refractivity contribution in [1.82, 2.24) is 19.0 Å². The van der Waals surface area contributed by atoms with Crippen molar-refractivity contribution in [3.05, 3.63) is 11.9 Å². The largest absolute Gasteiger partial charge is 0.383 e. The molecule has 2 aliphatic rings. The third kappa shape index (κ3) is 2.95. The van der Waals surface area contributed by atoms with Gasteiger partial charge in [-0.15, -0.1) is 0 Å². The Morgan fingerprint density at radius 1 is 1.27 bits per heavy atom. The summed E-state index contributed by atoms with van der Waals surface area (Å²) < 4.78 is 35.0. The fourth-order valence-corrected chi connectivity index (χ4v) is 6.25. The topological polar surface area (TPSA) is 84.7 Å². The summed E-state index contributed by atoms with van der Waals surface area (Å²) in [5.74, 6) is -0.0811. The second-order valence-corrected chi connectivity index (χ2v) is 8.84. The highest BCUT2D eigenvalue weighted by Crippen LogP contribution is 2.42. The van der Waals surface area contributed by atoms with E-state index in [1.54, 1.807) is 23.6 Å². The third-order valence-electron chi connectivity index (χ3n) is 5.62. The highest BCUT2D eigenvalue weighted by Gasteiger charge is 2.55. The molecule has 2 saturated heterocycles. The van der Waals surface area contributed by atoms with Crippen LogP contribution in [0.15, 0.2) is 11.1 Å². The Bertz CT molecular complexity index is 776. The standard InChI is InChI=1S/C17H28N4O4S/c1-4-20-14(2)15(13-18-20)26(23,24)21-10-6-8-17(21)7-5-9-19(16(17)22)11-12-25-3/h13H,4-12H2,1-3H3. The van der Waals surface area contributed by atoms with E-state index in [4.69, 9.17) is 4.74 Å². The van der Waals surface area contributed by atoms with Crippen molar-refractivity contribution in [2.45, 2.75) is 56.5 Å². The molecule has 9 heteroatoms. The predicted molar refractivity (Wildman–Crippen MR) is 96.2 cm³/mol. The molecule has 3 rings (SSSR count). The lowest BCUT2D eigenvalue weighted by Crippen LogP contribution is -2.61. The summed E-state index contributed by atoms with van der Waals surface area (Å²) in [5.41, 5.74) is -0.333. The predicted octanol–water partition coefficient (Wildman–Crippen LogP) is 1.00. The lowest BCUT2D eigenvalue weighted by molar-refractivity contribution is -0.145. The Morgan fingerprint density at radius 3 is 2.58 bits per heavy atom. The van der Waals surface area contributed by atoms with Crippen molar-refractivity contribution in [3.8, 4) is 0 Å². The van der Waals surface area contributed by atoms with Gasteiger partial charge in [0.1, 0.15) is 10.4 Å². The van der Waals surface area contributed by atoms with Gasteiger partial charge in [0.2, 0.25) is 15.9 Å². The normalized spacial score (nSPS) is 24.7. The molecule has 1 atom stereocenters. The van der Waals surface area contributed by atoms with Gasteiger partial charge in [0, 0.05) is 33.3 Å². The molecule has 0 bridgehead atoms. The van der Waals surface area contributed by atoms with Gasteiger partial charge in [0.05, 0.1) is 18.5 Å². The molecule has 146 valence electrons. The number of hydrogen-bond acceptors (Lipinski definition) is 5. The van der Waals surface area contributed by atoms with Gasteiger partial charge < -0.3 is 9.64 Å². The van der Waals surface area contributed by atoms with E-state index in [-0.39, 0.29) is 10.8 Å². The number of nitrogens with zero attached hydrogens (tertiary/aromatic N) is 4.